The van der Waals surface area contributed by atoms with Gasteiger partial charge in [0.15, 0.2) is 0 Å². The molecular formula is C17H29N. The highest BCUT2D eigenvalue weighted by atomic mass is 14.5. The zero-order valence-electron chi connectivity index (χ0n) is 12.5. The van der Waals surface area contributed by atoms with E-state index in [1.165, 1.54) is 30.4 Å². The molecule has 2 N–H and O–H groups in total. The predicted molar refractivity (Wildman–Crippen MR) is 80.9 cm³/mol. The maximum absolute atomic E-state index is 5.58. The van der Waals surface area contributed by atoms with Crippen LogP contribution in [0.3, 0.4) is 0 Å². The predicted octanol–water partition coefficient (Wildman–Crippen LogP) is 4.29. The van der Waals surface area contributed by atoms with Crippen LogP contribution in [0.1, 0.15) is 58.1 Å². The van der Waals surface area contributed by atoms with E-state index < -0.39 is 0 Å². The number of rotatable bonds is 7. The van der Waals surface area contributed by atoms with Gasteiger partial charge in [-0.3, -0.25) is 0 Å². The number of aryl methyl sites for hydroxylation is 1. The molecule has 0 aliphatic rings. The summed E-state index contributed by atoms with van der Waals surface area (Å²) in [5.41, 5.74) is 8.78. The van der Waals surface area contributed by atoms with Crippen LogP contribution in [0.5, 0.6) is 0 Å². The summed E-state index contributed by atoms with van der Waals surface area (Å²) in [6.07, 6.45) is 4.74. The van der Waals surface area contributed by atoms with Crippen LogP contribution in [-0.2, 0) is 11.8 Å². The summed E-state index contributed by atoms with van der Waals surface area (Å²) >= 11 is 0. The number of benzene rings is 1. The highest BCUT2D eigenvalue weighted by Crippen LogP contribution is 2.27. The summed E-state index contributed by atoms with van der Waals surface area (Å²) in [7, 11) is 0. The lowest BCUT2D eigenvalue weighted by atomic mass is 9.82. The second-order valence-electron chi connectivity index (χ2n) is 6.16. The van der Waals surface area contributed by atoms with Gasteiger partial charge in [-0.1, -0.05) is 52.0 Å². The van der Waals surface area contributed by atoms with Gasteiger partial charge < -0.3 is 5.73 Å². The van der Waals surface area contributed by atoms with E-state index in [1.807, 2.05) is 0 Å². The molecule has 0 radical (unpaired) electrons. The van der Waals surface area contributed by atoms with Crippen LogP contribution < -0.4 is 5.73 Å². The third-order valence-electron chi connectivity index (χ3n) is 4.20. The van der Waals surface area contributed by atoms with Gasteiger partial charge in [0.25, 0.3) is 0 Å². The van der Waals surface area contributed by atoms with E-state index in [-0.39, 0.29) is 0 Å². The largest absolute Gasteiger partial charge is 0.330 e. The summed E-state index contributed by atoms with van der Waals surface area (Å²) in [6.45, 7) is 9.98. The first-order valence-electron chi connectivity index (χ1n) is 7.29. The third kappa shape index (κ3) is 4.45. The first kappa shape index (κ1) is 15.2. The van der Waals surface area contributed by atoms with E-state index in [0.29, 0.717) is 5.41 Å². The smallest absolute Gasteiger partial charge is 0.00747 e. The number of nitrogens with two attached hydrogens (primary N) is 1. The summed E-state index contributed by atoms with van der Waals surface area (Å²) in [6, 6.07) is 9.18. The van der Waals surface area contributed by atoms with Crippen LogP contribution in [0.2, 0.25) is 0 Å². The molecule has 0 saturated carbocycles. The zero-order chi connectivity index (χ0) is 13.6. The molecular weight excluding hydrogens is 218 g/mol. The van der Waals surface area contributed by atoms with Gasteiger partial charge in [-0.05, 0) is 54.7 Å². The van der Waals surface area contributed by atoms with Gasteiger partial charge in [0.05, 0.1) is 0 Å². The van der Waals surface area contributed by atoms with E-state index in [2.05, 4.69) is 52.0 Å². The van der Waals surface area contributed by atoms with E-state index in [1.54, 1.807) is 0 Å². The van der Waals surface area contributed by atoms with Crippen LogP contribution in [0.15, 0.2) is 24.3 Å². The number of hydrogen-bond donors (Lipinski definition) is 1. The van der Waals surface area contributed by atoms with Gasteiger partial charge in [0, 0.05) is 0 Å². The highest BCUT2D eigenvalue weighted by Gasteiger charge is 2.17. The molecule has 0 bridgehead atoms. The van der Waals surface area contributed by atoms with Crippen LogP contribution in [0.4, 0.5) is 0 Å². The lowest BCUT2D eigenvalue weighted by molar-refractivity contribution is 0.497. The minimum atomic E-state index is 0.297. The molecule has 0 heterocycles. The van der Waals surface area contributed by atoms with Gasteiger partial charge in [0.1, 0.15) is 0 Å². The molecule has 0 aliphatic heterocycles. The van der Waals surface area contributed by atoms with Crippen molar-refractivity contribution in [3.63, 3.8) is 0 Å². The fourth-order valence-electron chi connectivity index (χ4n) is 2.17. The van der Waals surface area contributed by atoms with E-state index >= 15 is 0 Å². The average Bonchev–Trinajstić information content (AvgIpc) is 2.37. The molecule has 1 nitrogen and oxygen atoms in total. The molecule has 1 aromatic carbocycles. The van der Waals surface area contributed by atoms with E-state index in [9.17, 15) is 0 Å². The second kappa shape index (κ2) is 6.94. The van der Waals surface area contributed by atoms with Crippen molar-refractivity contribution in [2.45, 2.75) is 58.8 Å². The monoisotopic (exact) mass is 247 g/mol. The normalized spacial score (nSPS) is 13.6. The van der Waals surface area contributed by atoms with Crippen molar-refractivity contribution < 1.29 is 0 Å². The molecule has 18 heavy (non-hydrogen) atoms. The Morgan fingerprint density at radius 2 is 1.72 bits per heavy atom. The molecule has 1 atom stereocenters. The Labute approximate surface area is 113 Å². The third-order valence-corrected chi connectivity index (χ3v) is 4.20. The summed E-state index contributed by atoms with van der Waals surface area (Å²) in [5.74, 6) is 0.738. The molecule has 1 aromatic rings. The Morgan fingerprint density at radius 3 is 2.22 bits per heavy atom. The first-order chi connectivity index (χ1) is 8.49. The van der Waals surface area contributed by atoms with Crippen molar-refractivity contribution in [2.75, 3.05) is 6.54 Å². The molecule has 1 unspecified atom stereocenters. The van der Waals surface area contributed by atoms with Crippen molar-refractivity contribution in [3.05, 3.63) is 35.4 Å². The zero-order valence-corrected chi connectivity index (χ0v) is 12.5. The van der Waals surface area contributed by atoms with Crippen molar-refractivity contribution in [1.29, 1.82) is 0 Å². The summed E-state index contributed by atoms with van der Waals surface area (Å²) in [5, 5.41) is 0. The molecule has 0 saturated heterocycles. The minimum Gasteiger partial charge on any atom is -0.330 e. The van der Waals surface area contributed by atoms with Crippen LogP contribution in [0, 0.1) is 5.92 Å². The minimum absolute atomic E-state index is 0.297. The molecule has 0 aliphatic carbocycles. The fraction of sp³-hybridized carbons (Fsp3) is 0.647. The second-order valence-corrected chi connectivity index (χ2v) is 6.16. The van der Waals surface area contributed by atoms with Gasteiger partial charge in [0.2, 0.25) is 0 Å². The Hall–Kier alpha value is -0.820. The van der Waals surface area contributed by atoms with E-state index in [0.717, 1.165) is 18.9 Å². The SMILES string of the molecule is CCC(C)(C)c1ccc(CCC(C)CCN)cc1. The maximum atomic E-state index is 5.58. The quantitative estimate of drug-likeness (QED) is 0.764. The van der Waals surface area contributed by atoms with Crippen molar-refractivity contribution in [2.24, 2.45) is 11.7 Å². The molecule has 102 valence electrons. The first-order valence-corrected chi connectivity index (χ1v) is 7.29. The lowest BCUT2D eigenvalue weighted by Gasteiger charge is -2.23. The van der Waals surface area contributed by atoms with Gasteiger partial charge in [-0.15, -0.1) is 0 Å². The standard InChI is InChI=1S/C17H29N/c1-5-17(3,4)16-10-8-15(9-11-16)7-6-14(2)12-13-18/h8-11,14H,5-7,12-13,18H2,1-4H3. The highest BCUT2D eigenvalue weighted by molar-refractivity contribution is 5.28. The molecule has 0 spiro atoms. The summed E-state index contributed by atoms with van der Waals surface area (Å²) < 4.78 is 0. The van der Waals surface area contributed by atoms with Gasteiger partial charge >= 0.3 is 0 Å². The van der Waals surface area contributed by atoms with Crippen molar-refractivity contribution in [1.82, 2.24) is 0 Å². The Morgan fingerprint density at radius 1 is 1.11 bits per heavy atom. The van der Waals surface area contributed by atoms with E-state index in [4.69, 9.17) is 5.73 Å². The topological polar surface area (TPSA) is 26.0 Å². The average molecular weight is 247 g/mol. The molecule has 1 rings (SSSR count). The Bertz CT molecular complexity index is 337. The van der Waals surface area contributed by atoms with Crippen LogP contribution >= 0.6 is 0 Å². The molecule has 0 fully saturated rings. The number of hydrogen-bond acceptors (Lipinski definition) is 1. The Kier molecular flexibility index (Phi) is 5.87. The molecule has 1 heteroatoms. The van der Waals surface area contributed by atoms with Crippen molar-refractivity contribution in [3.8, 4) is 0 Å². The van der Waals surface area contributed by atoms with Crippen LogP contribution in [0.25, 0.3) is 0 Å². The Balaban J connectivity index is 2.56. The summed E-state index contributed by atoms with van der Waals surface area (Å²) in [4.78, 5) is 0. The molecule has 0 aromatic heterocycles. The van der Waals surface area contributed by atoms with Gasteiger partial charge in [-0.2, -0.15) is 0 Å². The maximum Gasteiger partial charge on any atom is -0.00747 e. The van der Waals surface area contributed by atoms with Crippen molar-refractivity contribution >= 4 is 0 Å². The fourth-order valence-corrected chi connectivity index (χ4v) is 2.17. The van der Waals surface area contributed by atoms with Gasteiger partial charge in [-0.25, -0.2) is 0 Å². The molecule has 0 amide bonds. The lowest BCUT2D eigenvalue weighted by Crippen LogP contribution is -2.15. The van der Waals surface area contributed by atoms with Crippen LogP contribution in [-0.4, -0.2) is 6.54 Å².